The molecule has 45 heavy (non-hydrogen) atoms. The molecule has 0 saturated heterocycles. The molecule has 1 heterocycles. The van der Waals surface area contributed by atoms with Crippen LogP contribution in [0.1, 0.15) is 47.3 Å². The van der Waals surface area contributed by atoms with E-state index < -0.39 is 9.97 Å². The van der Waals surface area contributed by atoms with Crippen LogP contribution in [0.3, 0.4) is 0 Å². The van der Waals surface area contributed by atoms with Crippen molar-refractivity contribution in [3.8, 4) is 5.75 Å². The highest BCUT2D eigenvalue weighted by Crippen LogP contribution is 2.31. The number of hydrogen-bond acceptors (Lipinski definition) is 5. The molecule has 1 aliphatic carbocycles. The minimum Gasteiger partial charge on any atom is -0.497 e. The smallest absolute Gasteiger partial charge is 0.262 e. The number of halogens is 1. The largest absolute Gasteiger partial charge is 0.497 e. The summed E-state index contributed by atoms with van der Waals surface area (Å²) in [5.74, 6) is 0.331. The number of unbranched alkanes of at least 4 members (excludes halogenated alkanes) is 1. The monoisotopic (exact) mass is 646 g/mol. The lowest BCUT2D eigenvalue weighted by atomic mass is 10.1. The van der Waals surface area contributed by atoms with Crippen LogP contribution in [0.2, 0.25) is 5.02 Å². The van der Waals surface area contributed by atoms with E-state index in [1.165, 1.54) is 0 Å². The van der Waals surface area contributed by atoms with Crippen molar-refractivity contribution in [1.82, 2.24) is 14.6 Å². The molecular formula is C34H40BClN4O4S. The van der Waals surface area contributed by atoms with Crippen LogP contribution in [0.25, 0.3) is 21.9 Å². The first kappa shape index (κ1) is 32.5. The zero-order valence-corrected chi connectivity index (χ0v) is 27.9. The lowest BCUT2D eigenvalue weighted by Gasteiger charge is -2.26. The molecule has 0 aliphatic heterocycles. The molecule has 4 aromatic rings. The predicted octanol–water partition coefficient (Wildman–Crippen LogP) is 3.23. The highest BCUT2D eigenvalue weighted by atomic mass is 35.5. The van der Waals surface area contributed by atoms with Gasteiger partial charge in [-0.1, -0.05) is 39.8 Å². The van der Waals surface area contributed by atoms with E-state index in [4.69, 9.17) is 16.3 Å². The van der Waals surface area contributed by atoms with Crippen LogP contribution in [0.15, 0.2) is 60.7 Å². The molecular weight excluding hydrogens is 607 g/mol. The molecule has 1 aromatic heterocycles. The molecule has 0 atom stereocenters. The Morgan fingerprint density at radius 2 is 1.82 bits per heavy atom. The van der Waals surface area contributed by atoms with Crippen LogP contribution in [-0.4, -0.2) is 55.0 Å². The van der Waals surface area contributed by atoms with Crippen molar-refractivity contribution in [2.24, 2.45) is 0 Å². The molecule has 5 rings (SSSR count). The highest BCUT2D eigenvalue weighted by Gasteiger charge is 2.22. The Balaban J connectivity index is 1.21. The van der Waals surface area contributed by atoms with Crippen molar-refractivity contribution in [2.45, 2.75) is 39.0 Å². The van der Waals surface area contributed by atoms with Crippen LogP contribution in [0, 0.1) is 6.92 Å². The van der Waals surface area contributed by atoms with Gasteiger partial charge in [-0.25, -0.2) is 0 Å². The van der Waals surface area contributed by atoms with Crippen LogP contribution in [-0.2, 0) is 21.2 Å². The lowest BCUT2D eigenvalue weighted by molar-refractivity contribution is -0.120. The second-order valence-electron chi connectivity index (χ2n) is 11.4. The van der Waals surface area contributed by atoms with Gasteiger partial charge in [-0.3, -0.25) is 23.1 Å². The number of hydrogen-bond donors (Lipinski definition) is 4. The summed E-state index contributed by atoms with van der Waals surface area (Å²) in [6, 6.07) is 18.4. The predicted molar refractivity (Wildman–Crippen MR) is 189 cm³/mol. The molecule has 0 radical (unpaired) electrons. The SMILES string of the molecule is B[SH](=O)(NCCCCNC(=O)Cc1c(C)n(C(=O)c2ccc(Cl)cc2)c2ccc(OC)cc12)C1=c2cccc(NC)c2=CCC1. The topological polar surface area (TPSA) is 101 Å². The van der Waals surface area contributed by atoms with Crippen molar-refractivity contribution < 1.29 is 18.5 Å². The maximum absolute atomic E-state index is 13.7. The van der Waals surface area contributed by atoms with Gasteiger partial charge >= 0.3 is 0 Å². The van der Waals surface area contributed by atoms with Gasteiger partial charge in [0.15, 0.2) is 0 Å². The first-order chi connectivity index (χ1) is 21.6. The van der Waals surface area contributed by atoms with Crippen LogP contribution in [0.4, 0.5) is 5.69 Å². The Kier molecular flexibility index (Phi) is 10.2. The van der Waals surface area contributed by atoms with Gasteiger partial charge in [-0.05, 0) is 91.9 Å². The van der Waals surface area contributed by atoms with Crippen molar-refractivity contribution >= 4 is 68.1 Å². The van der Waals surface area contributed by atoms with Crippen LogP contribution < -0.4 is 30.5 Å². The molecule has 11 heteroatoms. The number of aromatic nitrogens is 1. The van der Waals surface area contributed by atoms with Gasteiger partial charge in [0.2, 0.25) is 13.0 Å². The third-order valence-corrected chi connectivity index (χ3v) is 11.0. The van der Waals surface area contributed by atoms with E-state index in [9.17, 15) is 13.8 Å². The van der Waals surface area contributed by atoms with E-state index >= 15 is 0 Å². The normalized spacial score (nSPS) is 13.2. The average molecular weight is 647 g/mol. The number of ether oxygens (including phenoxy) is 1. The summed E-state index contributed by atoms with van der Waals surface area (Å²) >= 11 is 6.03. The Morgan fingerprint density at radius 3 is 2.56 bits per heavy atom. The van der Waals surface area contributed by atoms with E-state index in [1.807, 2.05) is 51.4 Å². The summed E-state index contributed by atoms with van der Waals surface area (Å²) in [4.78, 5) is 27.6. The fourth-order valence-corrected chi connectivity index (χ4v) is 8.18. The van der Waals surface area contributed by atoms with Gasteiger partial charge < -0.3 is 15.4 Å². The van der Waals surface area contributed by atoms with Gasteiger partial charge in [0, 0.05) is 57.6 Å². The molecule has 0 fully saturated rings. The Bertz CT molecular complexity index is 1920. The number of methoxy groups -OCH3 is 1. The van der Waals surface area contributed by atoms with Gasteiger partial charge in [0.1, 0.15) is 5.75 Å². The fourth-order valence-electron chi connectivity index (χ4n) is 6.07. The number of benzene rings is 3. The zero-order chi connectivity index (χ0) is 32.1. The van der Waals surface area contributed by atoms with E-state index in [-0.39, 0.29) is 18.2 Å². The average Bonchev–Trinajstić information content (AvgIpc) is 3.31. The van der Waals surface area contributed by atoms with E-state index in [2.05, 4.69) is 27.5 Å². The summed E-state index contributed by atoms with van der Waals surface area (Å²) in [5.41, 5.74) is 3.75. The van der Waals surface area contributed by atoms with E-state index in [1.54, 1.807) is 35.9 Å². The molecule has 3 aromatic carbocycles. The molecule has 3 N–H and O–H groups in total. The number of anilines is 1. The molecule has 0 bridgehead atoms. The molecule has 1 amide bonds. The number of fused-ring (bicyclic) bond motifs is 2. The maximum Gasteiger partial charge on any atom is 0.262 e. The third kappa shape index (κ3) is 7.03. The minimum atomic E-state index is -2.73. The van der Waals surface area contributed by atoms with Crippen LogP contribution >= 0.6 is 11.6 Å². The number of amides is 1. The van der Waals surface area contributed by atoms with Crippen molar-refractivity contribution in [2.75, 3.05) is 32.6 Å². The van der Waals surface area contributed by atoms with Crippen molar-refractivity contribution in [1.29, 1.82) is 0 Å². The number of carbonyl (C=O) groups excluding carboxylic acids is 2. The molecule has 0 spiro atoms. The van der Waals surface area contributed by atoms with Gasteiger partial charge in [-0.15, -0.1) is 0 Å². The Hall–Kier alpha value is -3.86. The summed E-state index contributed by atoms with van der Waals surface area (Å²) < 4.78 is 24.1. The van der Waals surface area contributed by atoms with Crippen molar-refractivity contribution in [3.05, 3.63) is 92.9 Å². The quantitative estimate of drug-likeness (QED) is 0.108. The fraction of sp³-hybridized carbons (Fsp3) is 0.294. The second kappa shape index (κ2) is 14.1. The number of rotatable bonds is 12. The molecule has 8 nitrogen and oxygen atoms in total. The highest BCUT2D eigenvalue weighted by molar-refractivity contribution is 8.27. The molecule has 236 valence electrons. The summed E-state index contributed by atoms with van der Waals surface area (Å²) in [5, 5.41) is 9.79. The van der Waals surface area contributed by atoms with Crippen LogP contribution in [0.5, 0.6) is 5.75 Å². The molecule has 0 unspecified atom stereocenters. The minimum absolute atomic E-state index is 0.126. The molecule has 0 saturated carbocycles. The van der Waals surface area contributed by atoms with Crippen molar-refractivity contribution in [3.63, 3.8) is 0 Å². The number of nitrogens with one attached hydrogen (secondary N) is 3. The van der Waals surface area contributed by atoms with E-state index in [0.717, 1.165) is 57.7 Å². The standard InChI is InChI=1S/C34H40BClN4O4S/c1-22-28(29-20-25(44-3)16-17-31(29)40(22)34(42)23-12-14-24(36)15-13-23)21-33(41)38-18-4-5-19-39-45(35,43)32-11-7-8-26-27(32)9-6-10-30(26)37-2/h6,8-10,12-17,20,37,45H,4-5,7,11,18-19,21,35H2,1-3H3,(H,38,41)(H,39,43). The number of nitrogens with zero attached hydrogens (tertiary/aromatic N) is 1. The Labute approximate surface area is 270 Å². The van der Waals surface area contributed by atoms with Gasteiger partial charge in [0.05, 0.1) is 19.0 Å². The molecule has 1 aliphatic rings. The first-order valence-electron chi connectivity index (χ1n) is 15.2. The van der Waals surface area contributed by atoms with Gasteiger partial charge in [-0.2, -0.15) is 0 Å². The first-order valence-corrected chi connectivity index (χ1v) is 17.8. The van der Waals surface area contributed by atoms with E-state index in [0.29, 0.717) is 40.6 Å². The van der Waals surface area contributed by atoms with Gasteiger partial charge in [0.25, 0.3) is 5.91 Å². The summed E-state index contributed by atoms with van der Waals surface area (Å²) in [7, 11) is 2.58. The maximum atomic E-state index is 13.7. The summed E-state index contributed by atoms with van der Waals surface area (Å²) in [6.45, 7) is 2.95. The summed E-state index contributed by atoms with van der Waals surface area (Å²) in [6.07, 6.45) is 5.50. The second-order valence-corrected chi connectivity index (χ2v) is 14.5. The number of thiol groups is 1. The Morgan fingerprint density at radius 1 is 1.07 bits per heavy atom. The third-order valence-electron chi connectivity index (χ3n) is 8.44. The zero-order valence-electron chi connectivity index (χ0n) is 26.2. The lowest BCUT2D eigenvalue weighted by Crippen LogP contribution is -2.41. The number of carbonyl (C=O) groups is 2.